The molecule has 0 heterocycles. The molecule has 0 fully saturated rings. The molecule has 0 radical (unpaired) electrons. The minimum atomic E-state index is -0.439. The van der Waals surface area contributed by atoms with Gasteiger partial charge in [-0.25, -0.2) is 4.79 Å². The second kappa shape index (κ2) is 9.44. The fourth-order valence-electron chi connectivity index (χ4n) is 2.10. The third-order valence-corrected chi connectivity index (χ3v) is 4.19. The molecule has 0 aliphatic rings. The molecule has 2 aromatic carbocycles. The van der Waals surface area contributed by atoms with Crippen LogP contribution in [0.25, 0.3) is 0 Å². The second-order valence-corrected chi connectivity index (χ2v) is 6.45. The Kier molecular flexibility index (Phi) is 7.28. The summed E-state index contributed by atoms with van der Waals surface area (Å²) in [7, 11) is 1.31. The topological polar surface area (TPSA) is 64.6 Å². The lowest BCUT2D eigenvalue weighted by molar-refractivity contribution is -0.123. The van der Waals surface area contributed by atoms with Gasteiger partial charge in [-0.3, -0.25) is 4.79 Å². The van der Waals surface area contributed by atoms with Crippen LogP contribution in [-0.2, 0) is 16.0 Å². The zero-order valence-corrected chi connectivity index (χ0v) is 15.9. The highest BCUT2D eigenvalue weighted by molar-refractivity contribution is 9.10. The Bertz CT molecular complexity index is 766. The minimum absolute atomic E-state index is 0.119. The summed E-state index contributed by atoms with van der Waals surface area (Å²) in [5.41, 5.74) is 1.45. The van der Waals surface area contributed by atoms with Gasteiger partial charge in [0.2, 0.25) is 0 Å². The molecule has 0 aromatic heterocycles. The predicted molar refractivity (Wildman–Crippen MR) is 99.1 cm³/mol. The number of ether oxygens (including phenoxy) is 2. The van der Waals surface area contributed by atoms with Crippen LogP contribution < -0.4 is 10.1 Å². The normalized spacial score (nSPS) is 10.2. The van der Waals surface area contributed by atoms with Crippen molar-refractivity contribution in [1.82, 2.24) is 5.32 Å². The van der Waals surface area contributed by atoms with Crippen LogP contribution in [0.1, 0.15) is 15.9 Å². The van der Waals surface area contributed by atoms with Gasteiger partial charge < -0.3 is 14.8 Å². The molecule has 0 bridgehead atoms. The molecule has 25 heavy (non-hydrogen) atoms. The Morgan fingerprint density at radius 2 is 2.00 bits per heavy atom. The van der Waals surface area contributed by atoms with Gasteiger partial charge in [-0.05, 0) is 58.2 Å². The maximum absolute atomic E-state index is 11.9. The second-order valence-electron chi connectivity index (χ2n) is 5.16. The number of benzene rings is 2. The number of rotatable bonds is 7. The standard InChI is InChI=1S/C18H17BrClNO4/c1-24-18(23)13-5-6-16(15(19)10-13)25-11-17(22)21-8-7-12-3-2-4-14(20)9-12/h2-6,9-10H,7-8,11H2,1H3,(H,21,22). The molecule has 132 valence electrons. The molecule has 1 N–H and O–H groups in total. The maximum atomic E-state index is 11.9. The van der Waals surface area contributed by atoms with Gasteiger partial charge in [0, 0.05) is 11.6 Å². The van der Waals surface area contributed by atoms with Crippen molar-refractivity contribution in [3.8, 4) is 5.75 Å². The van der Waals surface area contributed by atoms with Crippen LogP contribution >= 0.6 is 27.5 Å². The Labute approximate surface area is 159 Å². The van der Waals surface area contributed by atoms with E-state index in [1.165, 1.54) is 7.11 Å². The van der Waals surface area contributed by atoms with E-state index >= 15 is 0 Å². The quantitative estimate of drug-likeness (QED) is 0.687. The highest BCUT2D eigenvalue weighted by atomic mass is 79.9. The molecule has 7 heteroatoms. The molecule has 0 spiro atoms. The first kappa shape index (κ1) is 19.3. The van der Waals surface area contributed by atoms with E-state index in [1.54, 1.807) is 24.3 Å². The molecule has 0 aliphatic heterocycles. The van der Waals surface area contributed by atoms with E-state index in [9.17, 15) is 9.59 Å². The van der Waals surface area contributed by atoms with Gasteiger partial charge in [-0.15, -0.1) is 0 Å². The van der Waals surface area contributed by atoms with Crippen LogP contribution in [0.15, 0.2) is 46.9 Å². The zero-order valence-electron chi connectivity index (χ0n) is 13.6. The first-order chi connectivity index (χ1) is 12.0. The molecule has 0 aliphatic carbocycles. The molecule has 2 aromatic rings. The van der Waals surface area contributed by atoms with Gasteiger partial charge in [0.05, 0.1) is 17.1 Å². The SMILES string of the molecule is COC(=O)c1ccc(OCC(=O)NCCc2cccc(Cl)c2)c(Br)c1. The largest absolute Gasteiger partial charge is 0.483 e. The maximum Gasteiger partial charge on any atom is 0.337 e. The van der Waals surface area contributed by atoms with Crippen molar-refractivity contribution in [2.24, 2.45) is 0 Å². The highest BCUT2D eigenvalue weighted by Crippen LogP contribution is 2.26. The Morgan fingerprint density at radius 1 is 1.20 bits per heavy atom. The van der Waals surface area contributed by atoms with E-state index in [1.807, 2.05) is 18.2 Å². The third-order valence-electron chi connectivity index (χ3n) is 3.34. The summed E-state index contributed by atoms with van der Waals surface area (Å²) in [5, 5.41) is 3.46. The average Bonchev–Trinajstić information content (AvgIpc) is 2.60. The average molecular weight is 427 g/mol. The van der Waals surface area contributed by atoms with E-state index in [2.05, 4.69) is 26.0 Å². The Hall–Kier alpha value is -2.05. The van der Waals surface area contributed by atoms with Crippen LogP contribution in [-0.4, -0.2) is 32.1 Å². The molecule has 5 nitrogen and oxygen atoms in total. The first-order valence-corrected chi connectivity index (χ1v) is 8.68. The van der Waals surface area contributed by atoms with Gasteiger partial charge in [0.1, 0.15) is 5.75 Å². The van der Waals surface area contributed by atoms with E-state index in [0.717, 1.165) is 5.56 Å². The van der Waals surface area contributed by atoms with Crippen molar-refractivity contribution in [3.05, 3.63) is 63.1 Å². The van der Waals surface area contributed by atoms with Gasteiger partial charge in [-0.2, -0.15) is 0 Å². The molecule has 1 amide bonds. The van der Waals surface area contributed by atoms with Gasteiger partial charge in [0.15, 0.2) is 6.61 Å². The minimum Gasteiger partial charge on any atom is -0.483 e. The monoisotopic (exact) mass is 425 g/mol. The van der Waals surface area contributed by atoms with Crippen molar-refractivity contribution in [3.63, 3.8) is 0 Å². The van der Waals surface area contributed by atoms with Crippen LogP contribution in [0.4, 0.5) is 0 Å². The zero-order chi connectivity index (χ0) is 18.2. The summed E-state index contributed by atoms with van der Waals surface area (Å²) in [6.45, 7) is 0.372. The van der Waals surface area contributed by atoms with E-state index in [-0.39, 0.29) is 12.5 Å². The molecule has 0 saturated carbocycles. The fraction of sp³-hybridized carbons (Fsp3) is 0.222. The fourth-order valence-corrected chi connectivity index (χ4v) is 2.80. The Balaban J connectivity index is 1.79. The summed E-state index contributed by atoms with van der Waals surface area (Å²) < 4.78 is 10.7. The van der Waals surface area contributed by atoms with E-state index in [0.29, 0.717) is 33.8 Å². The summed E-state index contributed by atoms with van der Waals surface area (Å²) in [5.74, 6) is -0.199. The summed E-state index contributed by atoms with van der Waals surface area (Å²) >= 11 is 9.23. The number of carbonyl (C=O) groups excluding carboxylic acids is 2. The van der Waals surface area contributed by atoms with Crippen LogP contribution in [0.2, 0.25) is 5.02 Å². The Morgan fingerprint density at radius 3 is 2.68 bits per heavy atom. The lowest BCUT2D eigenvalue weighted by Gasteiger charge is -2.10. The van der Waals surface area contributed by atoms with Crippen molar-refractivity contribution in [2.45, 2.75) is 6.42 Å². The summed E-state index contributed by atoms with van der Waals surface area (Å²) in [4.78, 5) is 23.3. The number of amides is 1. The molecule has 2 rings (SSSR count). The molecule has 0 atom stereocenters. The van der Waals surface area contributed by atoms with Crippen molar-refractivity contribution < 1.29 is 19.1 Å². The van der Waals surface area contributed by atoms with Crippen LogP contribution in [0.3, 0.4) is 0 Å². The van der Waals surface area contributed by atoms with Gasteiger partial charge in [0.25, 0.3) is 5.91 Å². The van der Waals surface area contributed by atoms with Crippen molar-refractivity contribution in [2.75, 3.05) is 20.3 Å². The molecule has 0 unspecified atom stereocenters. The summed E-state index contributed by atoms with van der Waals surface area (Å²) in [6.07, 6.45) is 0.684. The number of hydrogen-bond donors (Lipinski definition) is 1. The lowest BCUT2D eigenvalue weighted by Crippen LogP contribution is -2.30. The molecular formula is C18H17BrClNO4. The van der Waals surface area contributed by atoms with Gasteiger partial charge in [-0.1, -0.05) is 23.7 Å². The number of esters is 1. The van der Waals surface area contributed by atoms with Crippen LogP contribution in [0.5, 0.6) is 5.75 Å². The number of nitrogens with one attached hydrogen (secondary N) is 1. The van der Waals surface area contributed by atoms with Gasteiger partial charge >= 0.3 is 5.97 Å². The lowest BCUT2D eigenvalue weighted by atomic mass is 10.1. The number of halogens is 2. The smallest absolute Gasteiger partial charge is 0.337 e. The van der Waals surface area contributed by atoms with Crippen LogP contribution in [0, 0.1) is 0 Å². The molecular weight excluding hydrogens is 410 g/mol. The van der Waals surface area contributed by atoms with Crippen molar-refractivity contribution in [1.29, 1.82) is 0 Å². The number of methoxy groups -OCH3 is 1. The number of carbonyl (C=O) groups is 2. The van der Waals surface area contributed by atoms with E-state index < -0.39 is 5.97 Å². The van der Waals surface area contributed by atoms with Crippen molar-refractivity contribution >= 4 is 39.4 Å². The number of hydrogen-bond acceptors (Lipinski definition) is 4. The first-order valence-electron chi connectivity index (χ1n) is 7.51. The summed E-state index contributed by atoms with van der Waals surface area (Å²) in [6, 6.07) is 12.3. The molecule has 0 saturated heterocycles. The third kappa shape index (κ3) is 6.07. The predicted octanol–water partition coefficient (Wildman–Crippen LogP) is 3.63. The van der Waals surface area contributed by atoms with E-state index in [4.69, 9.17) is 16.3 Å². The highest BCUT2D eigenvalue weighted by Gasteiger charge is 2.10.